The van der Waals surface area contributed by atoms with Gasteiger partial charge in [0.05, 0.1) is 5.75 Å². The molecule has 0 atom stereocenters. The molecule has 1 aromatic heterocycles. The first kappa shape index (κ1) is 14.7. The van der Waals surface area contributed by atoms with Gasteiger partial charge in [-0.2, -0.15) is 0 Å². The Bertz CT molecular complexity index is 613. The molecular weight excluding hydrogens is 256 g/mol. The van der Waals surface area contributed by atoms with Crippen molar-refractivity contribution in [2.45, 2.75) is 33.4 Å². The zero-order valence-corrected chi connectivity index (χ0v) is 11.4. The van der Waals surface area contributed by atoms with Crippen LogP contribution >= 0.6 is 0 Å². The lowest BCUT2D eigenvalue weighted by molar-refractivity contribution is 0.565. The lowest BCUT2D eigenvalue weighted by Gasteiger charge is -2.08. The zero-order chi connectivity index (χ0) is 13.8. The van der Waals surface area contributed by atoms with Crippen LogP contribution in [0, 0.1) is 0 Å². The van der Waals surface area contributed by atoms with Crippen molar-refractivity contribution in [2.24, 2.45) is 0 Å². The number of hydrogen-bond donors (Lipinski definition) is 0. The maximum Gasteiger partial charge on any atom is 0.330 e. The Labute approximate surface area is 106 Å². The Morgan fingerprint density at radius 3 is 2.39 bits per heavy atom. The van der Waals surface area contributed by atoms with Crippen LogP contribution in [0.4, 0.5) is 0 Å². The number of sulfone groups is 1. The molecule has 7 heteroatoms. The highest BCUT2D eigenvalue weighted by atomic mass is 32.2. The molecule has 0 aromatic carbocycles. The number of aryl methyl sites for hydroxylation is 1. The summed E-state index contributed by atoms with van der Waals surface area (Å²) >= 11 is 0. The van der Waals surface area contributed by atoms with Crippen LogP contribution in [0.3, 0.4) is 0 Å². The summed E-state index contributed by atoms with van der Waals surface area (Å²) in [5.74, 6) is -0.0970. The lowest BCUT2D eigenvalue weighted by Crippen LogP contribution is -2.40. The van der Waals surface area contributed by atoms with Gasteiger partial charge in [-0.1, -0.05) is 6.92 Å². The molecule has 0 radical (unpaired) electrons. The highest BCUT2D eigenvalue weighted by molar-refractivity contribution is 7.91. The van der Waals surface area contributed by atoms with Crippen LogP contribution in [0.5, 0.6) is 0 Å². The van der Waals surface area contributed by atoms with E-state index in [1.54, 1.807) is 13.8 Å². The van der Waals surface area contributed by atoms with Gasteiger partial charge < -0.3 is 4.57 Å². The van der Waals surface area contributed by atoms with Crippen LogP contribution < -0.4 is 11.2 Å². The molecule has 102 valence electrons. The van der Waals surface area contributed by atoms with Gasteiger partial charge in [-0.3, -0.25) is 9.36 Å². The molecule has 1 heterocycles. The normalized spacial score (nSPS) is 11.7. The van der Waals surface area contributed by atoms with Crippen molar-refractivity contribution in [3.8, 4) is 0 Å². The quantitative estimate of drug-likeness (QED) is 0.723. The predicted molar refractivity (Wildman–Crippen MR) is 69.6 cm³/mol. The molecular formula is C11H18N2O4S. The summed E-state index contributed by atoms with van der Waals surface area (Å²) in [5.41, 5.74) is -0.923. The Hall–Kier alpha value is -1.37. The topological polar surface area (TPSA) is 78.1 Å². The minimum Gasteiger partial charge on any atom is -0.301 e. The molecule has 0 aliphatic carbocycles. The molecule has 0 aliphatic rings. The van der Waals surface area contributed by atoms with E-state index in [1.165, 1.54) is 16.8 Å². The van der Waals surface area contributed by atoms with Crippen LogP contribution in [0.15, 0.2) is 21.9 Å². The van der Waals surface area contributed by atoms with Gasteiger partial charge in [0.25, 0.3) is 5.56 Å². The van der Waals surface area contributed by atoms with Crippen LogP contribution in [0.2, 0.25) is 0 Å². The third kappa shape index (κ3) is 3.56. The molecule has 6 nitrogen and oxygen atoms in total. The summed E-state index contributed by atoms with van der Waals surface area (Å²) in [5, 5.41) is 0. The van der Waals surface area contributed by atoms with E-state index >= 15 is 0 Å². The second kappa shape index (κ2) is 5.99. The summed E-state index contributed by atoms with van der Waals surface area (Å²) in [7, 11) is -3.19. The molecule has 1 aromatic rings. The molecule has 18 heavy (non-hydrogen) atoms. The molecule has 0 N–H and O–H groups in total. The molecule has 0 saturated heterocycles. The van der Waals surface area contributed by atoms with Gasteiger partial charge in [0.1, 0.15) is 0 Å². The van der Waals surface area contributed by atoms with E-state index in [2.05, 4.69) is 0 Å². The Morgan fingerprint density at radius 1 is 1.17 bits per heavy atom. The first-order chi connectivity index (χ1) is 8.41. The van der Waals surface area contributed by atoms with Gasteiger partial charge in [-0.05, 0) is 13.3 Å². The third-order valence-electron chi connectivity index (χ3n) is 2.62. The van der Waals surface area contributed by atoms with E-state index in [0.29, 0.717) is 13.0 Å². The average Bonchev–Trinajstić information content (AvgIpc) is 2.28. The van der Waals surface area contributed by atoms with E-state index in [0.717, 1.165) is 4.57 Å². The van der Waals surface area contributed by atoms with Crippen molar-refractivity contribution in [3.05, 3.63) is 33.1 Å². The summed E-state index contributed by atoms with van der Waals surface area (Å²) in [6, 6.07) is 1.28. The van der Waals surface area contributed by atoms with Gasteiger partial charge in [0.15, 0.2) is 9.84 Å². The number of aromatic nitrogens is 2. The smallest absolute Gasteiger partial charge is 0.301 e. The fourth-order valence-electron chi connectivity index (χ4n) is 1.65. The number of hydrogen-bond acceptors (Lipinski definition) is 4. The Kier molecular flexibility index (Phi) is 4.89. The molecule has 1 rings (SSSR count). The summed E-state index contributed by atoms with van der Waals surface area (Å²) in [6.07, 6.45) is 1.95. The van der Waals surface area contributed by atoms with Gasteiger partial charge in [-0.15, -0.1) is 0 Å². The lowest BCUT2D eigenvalue weighted by atomic mass is 10.5. The van der Waals surface area contributed by atoms with Gasteiger partial charge >= 0.3 is 5.69 Å². The van der Waals surface area contributed by atoms with Crippen molar-refractivity contribution >= 4 is 9.84 Å². The summed E-state index contributed by atoms with van der Waals surface area (Å²) in [4.78, 5) is 23.4. The molecule has 0 fully saturated rings. The van der Waals surface area contributed by atoms with Crippen molar-refractivity contribution in [2.75, 3.05) is 11.5 Å². The van der Waals surface area contributed by atoms with Crippen LogP contribution in [-0.4, -0.2) is 29.1 Å². The van der Waals surface area contributed by atoms with Crippen LogP contribution in [0.25, 0.3) is 0 Å². The molecule has 0 bridgehead atoms. The van der Waals surface area contributed by atoms with Crippen LogP contribution in [0.1, 0.15) is 20.3 Å². The first-order valence-corrected chi connectivity index (χ1v) is 7.74. The Morgan fingerprint density at radius 2 is 1.83 bits per heavy atom. The minimum absolute atomic E-state index is 0.0799. The standard InChI is InChI=1S/C11H18N2O4S/c1-3-8-18(16,17)9-7-13-10(14)5-6-12(4-2)11(13)15/h5-6H,3-4,7-9H2,1-2H3. The molecule has 0 spiro atoms. The molecule has 0 saturated carbocycles. The first-order valence-electron chi connectivity index (χ1n) is 5.92. The van der Waals surface area contributed by atoms with E-state index in [4.69, 9.17) is 0 Å². The van der Waals surface area contributed by atoms with Crippen molar-refractivity contribution in [1.29, 1.82) is 0 Å². The van der Waals surface area contributed by atoms with E-state index < -0.39 is 21.1 Å². The number of rotatable bonds is 6. The monoisotopic (exact) mass is 274 g/mol. The molecule has 0 unspecified atom stereocenters. The molecule has 0 amide bonds. The third-order valence-corrected chi connectivity index (χ3v) is 4.46. The van der Waals surface area contributed by atoms with Gasteiger partial charge in [0, 0.05) is 31.1 Å². The zero-order valence-electron chi connectivity index (χ0n) is 10.6. The van der Waals surface area contributed by atoms with Crippen molar-refractivity contribution < 1.29 is 8.42 Å². The van der Waals surface area contributed by atoms with E-state index in [1.807, 2.05) is 0 Å². The van der Waals surface area contributed by atoms with Crippen LogP contribution in [-0.2, 0) is 22.9 Å². The fraction of sp³-hybridized carbons (Fsp3) is 0.636. The maximum atomic E-state index is 11.8. The van der Waals surface area contributed by atoms with Gasteiger partial charge in [-0.25, -0.2) is 13.2 Å². The highest BCUT2D eigenvalue weighted by Gasteiger charge is 2.12. The van der Waals surface area contributed by atoms with Gasteiger partial charge in [0.2, 0.25) is 0 Å². The summed E-state index contributed by atoms with van der Waals surface area (Å²) in [6.45, 7) is 3.92. The van der Waals surface area contributed by atoms with E-state index in [-0.39, 0.29) is 18.1 Å². The second-order valence-corrected chi connectivity index (χ2v) is 6.33. The maximum absolute atomic E-state index is 11.8. The largest absolute Gasteiger partial charge is 0.330 e. The minimum atomic E-state index is -3.19. The Balaban J connectivity index is 2.99. The SMILES string of the molecule is CCCS(=O)(=O)CCn1c(=O)ccn(CC)c1=O. The molecule has 0 aliphatic heterocycles. The second-order valence-electron chi connectivity index (χ2n) is 4.03. The van der Waals surface area contributed by atoms with E-state index in [9.17, 15) is 18.0 Å². The number of nitrogens with zero attached hydrogens (tertiary/aromatic N) is 2. The summed E-state index contributed by atoms with van der Waals surface area (Å²) < 4.78 is 25.5. The van der Waals surface area contributed by atoms with Crippen molar-refractivity contribution in [3.63, 3.8) is 0 Å². The average molecular weight is 274 g/mol. The van der Waals surface area contributed by atoms with Crippen molar-refractivity contribution in [1.82, 2.24) is 9.13 Å². The fourth-order valence-corrected chi connectivity index (χ4v) is 2.93. The predicted octanol–water partition coefficient (Wildman–Crippen LogP) is -0.145. The highest BCUT2D eigenvalue weighted by Crippen LogP contribution is 1.94.